The van der Waals surface area contributed by atoms with Gasteiger partial charge >= 0.3 is 63.5 Å². The van der Waals surface area contributed by atoms with E-state index in [2.05, 4.69) is 4.74 Å². The number of carbonyl (C=O) groups is 1. The molecule has 0 atom stereocenters. The van der Waals surface area contributed by atoms with Crippen molar-refractivity contribution < 1.29 is 70.8 Å². The molecule has 0 aliphatic carbocycles. The van der Waals surface area contributed by atoms with Gasteiger partial charge in [-0.15, -0.1) is 0 Å². The molecule has 0 aliphatic heterocycles. The molecule has 0 amide bonds. The smallest absolute Gasteiger partial charge is 0.466 e. The van der Waals surface area contributed by atoms with E-state index < -0.39 is 22.0 Å². The largest absolute Gasteiger partial charge is 1.00 e. The quantitative estimate of drug-likeness (QED) is 0.124. The molecular weight excluding hydrogens is 223 g/mol. The van der Waals surface area contributed by atoms with Gasteiger partial charge < -0.3 is 4.74 Å². The summed E-state index contributed by atoms with van der Waals surface area (Å²) >= 11 is 0. The van der Waals surface area contributed by atoms with Gasteiger partial charge in [-0.05, 0) is 0 Å². The van der Waals surface area contributed by atoms with E-state index in [9.17, 15) is 25.0 Å². The van der Waals surface area contributed by atoms with Crippen molar-refractivity contribution in [2.75, 3.05) is 7.11 Å². The number of ether oxygens (including phenoxy) is 1. The van der Waals surface area contributed by atoms with Gasteiger partial charge in [0.05, 0.1) is 13.2 Å². The molecule has 0 spiro atoms. The van der Waals surface area contributed by atoms with E-state index in [1.807, 2.05) is 0 Å². The molecule has 0 N–H and O–H groups in total. The average Bonchev–Trinajstić information content (AvgIpc) is 2.03. The normalized spacial score (nSPS) is 9.57. The summed E-state index contributed by atoms with van der Waals surface area (Å²) in [4.78, 5) is 28.2. The van der Waals surface area contributed by atoms with Crippen LogP contribution in [0.4, 0.5) is 0 Å². The number of carbonyl (C=O) groups excluding carboxylic acids is 1. The van der Waals surface area contributed by atoms with Crippen molar-refractivity contribution in [3.05, 3.63) is 32.4 Å². The summed E-state index contributed by atoms with van der Waals surface area (Å²) < 4.78 is 4.09. The van der Waals surface area contributed by atoms with E-state index in [1.165, 1.54) is 0 Å². The Hall–Kier alpha value is -0.354. The summed E-state index contributed by atoms with van der Waals surface area (Å²) in [6, 6.07) is 0. The Morgan fingerprint density at radius 3 is 2.07 bits per heavy atom. The van der Waals surface area contributed by atoms with Crippen LogP contribution in [0.2, 0.25) is 0 Å². The summed E-state index contributed by atoms with van der Waals surface area (Å²) in [6.07, 6.45) is -0.929. The standard InChI is InChI=1S/C5H6N2O6.K/c1-13-5(8)3-2-4(6(9)10)7(11)12;/h2-4H,1H3;/q;+1/b3-2+;. The maximum Gasteiger partial charge on any atom is 1.00 e. The van der Waals surface area contributed by atoms with Gasteiger partial charge in [0, 0.05) is 6.08 Å². The fourth-order valence-electron chi connectivity index (χ4n) is 0.450. The van der Waals surface area contributed by atoms with Crippen molar-refractivity contribution in [1.29, 1.82) is 0 Å². The van der Waals surface area contributed by atoms with E-state index in [1.54, 1.807) is 0 Å². The average molecular weight is 229 g/mol. The first kappa shape index (κ1) is 16.1. The molecule has 0 aromatic heterocycles. The minimum atomic E-state index is -2.11. The topological polar surface area (TPSA) is 113 Å². The van der Waals surface area contributed by atoms with E-state index in [0.29, 0.717) is 12.2 Å². The fourth-order valence-corrected chi connectivity index (χ4v) is 0.450. The van der Waals surface area contributed by atoms with Gasteiger partial charge in [0.25, 0.3) is 0 Å². The molecular formula is C5H6KN2O6+. The van der Waals surface area contributed by atoms with Crippen LogP contribution in [0.15, 0.2) is 12.2 Å². The van der Waals surface area contributed by atoms with Crippen molar-refractivity contribution in [3.8, 4) is 0 Å². The van der Waals surface area contributed by atoms with Crippen LogP contribution in [-0.2, 0) is 9.53 Å². The first-order valence-electron chi connectivity index (χ1n) is 3.02. The third-order valence-electron chi connectivity index (χ3n) is 1.04. The maximum absolute atomic E-state index is 10.4. The predicted octanol–water partition coefficient (Wildman–Crippen LogP) is -3.40. The Kier molecular flexibility index (Phi) is 9.19. The van der Waals surface area contributed by atoms with Crippen molar-refractivity contribution in [2.24, 2.45) is 0 Å². The molecule has 0 heterocycles. The predicted molar refractivity (Wildman–Crippen MR) is 38.9 cm³/mol. The number of esters is 1. The van der Waals surface area contributed by atoms with Crippen molar-refractivity contribution in [3.63, 3.8) is 0 Å². The van der Waals surface area contributed by atoms with E-state index in [4.69, 9.17) is 0 Å². The number of hydrogen-bond acceptors (Lipinski definition) is 6. The second-order valence-electron chi connectivity index (χ2n) is 1.87. The van der Waals surface area contributed by atoms with E-state index in [-0.39, 0.29) is 51.4 Å². The summed E-state index contributed by atoms with van der Waals surface area (Å²) in [6.45, 7) is 0. The van der Waals surface area contributed by atoms with Crippen LogP contribution in [0.1, 0.15) is 0 Å². The number of methoxy groups -OCH3 is 1. The zero-order chi connectivity index (χ0) is 10.4. The molecule has 8 nitrogen and oxygen atoms in total. The first-order chi connectivity index (χ1) is 5.99. The van der Waals surface area contributed by atoms with Crippen LogP contribution < -0.4 is 51.4 Å². The molecule has 0 unspecified atom stereocenters. The monoisotopic (exact) mass is 229 g/mol. The minimum Gasteiger partial charge on any atom is -0.466 e. The van der Waals surface area contributed by atoms with Crippen LogP contribution in [0.3, 0.4) is 0 Å². The Balaban J connectivity index is 0. The van der Waals surface area contributed by atoms with Gasteiger partial charge in [0.15, 0.2) is 0 Å². The first-order valence-corrected chi connectivity index (χ1v) is 3.02. The van der Waals surface area contributed by atoms with Crippen LogP contribution in [-0.4, -0.2) is 29.1 Å². The van der Waals surface area contributed by atoms with Crippen molar-refractivity contribution in [2.45, 2.75) is 6.17 Å². The molecule has 0 bridgehead atoms. The third-order valence-corrected chi connectivity index (χ3v) is 1.04. The minimum absolute atomic E-state index is 0. The summed E-state index contributed by atoms with van der Waals surface area (Å²) in [5, 5.41) is 20.0. The Morgan fingerprint density at radius 1 is 1.36 bits per heavy atom. The van der Waals surface area contributed by atoms with E-state index >= 15 is 0 Å². The Bertz CT molecular complexity index is 251. The second-order valence-corrected chi connectivity index (χ2v) is 1.87. The fraction of sp³-hybridized carbons (Fsp3) is 0.400. The Morgan fingerprint density at radius 2 is 1.79 bits per heavy atom. The molecule has 0 saturated carbocycles. The molecule has 14 heavy (non-hydrogen) atoms. The molecule has 0 aliphatic rings. The van der Waals surface area contributed by atoms with Gasteiger partial charge in [-0.25, -0.2) is 4.79 Å². The third kappa shape index (κ3) is 6.15. The maximum atomic E-state index is 10.4. The van der Waals surface area contributed by atoms with Crippen LogP contribution >= 0.6 is 0 Å². The zero-order valence-electron chi connectivity index (χ0n) is 7.58. The SMILES string of the molecule is COC(=O)/C=C/C([N+](=O)[O-])[N+](=O)[O-].[K+]. The summed E-state index contributed by atoms with van der Waals surface area (Å²) in [7, 11) is 1.06. The van der Waals surface area contributed by atoms with Crippen LogP contribution in [0.5, 0.6) is 0 Å². The van der Waals surface area contributed by atoms with Crippen molar-refractivity contribution in [1.82, 2.24) is 0 Å². The zero-order valence-corrected chi connectivity index (χ0v) is 10.7. The number of nitro groups is 2. The molecule has 0 rings (SSSR count). The van der Waals surface area contributed by atoms with Gasteiger partial charge in [-0.3, -0.25) is 20.2 Å². The van der Waals surface area contributed by atoms with Gasteiger partial charge in [0.1, 0.15) is 9.85 Å². The Labute approximate surface area is 121 Å². The number of rotatable bonds is 4. The summed E-state index contributed by atoms with van der Waals surface area (Å²) in [5.74, 6) is -0.881. The molecule has 72 valence electrons. The summed E-state index contributed by atoms with van der Waals surface area (Å²) in [5.41, 5.74) is 0. The molecule has 0 radical (unpaired) electrons. The molecule has 0 saturated heterocycles. The van der Waals surface area contributed by atoms with Gasteiger partial charge in [-0.1, -0.05) is 0 Å². The van der Waals surface area contributed by atoms with Gasteiger partial charge in [-0.2, -0.15) is 0 Å². The molecule has 0 aromatic carbocycles. The molecule has 0 fully saturated rings. The molecule has 0 aromatic rings. The number of nitrogens with zero attached hydrogens (tertiary/aromatic N) is 2. The number of hydrogen-bond donors (Lipinski definition) is 0. The van der Waals surface area contributed by atoms with Crippen LogP contribution in [0, 0.1) is 20.2 Å². The van der Waals surface area contributed by atoms with Crippen molar-refractivity contribution >= 4 is 5.97 Å². The molecule has 9 heteroatoms. The second kappa shape index (κ2) is 8.00. The van der Waals surface area contributed by atoms with E-state index in [0.717, 1.165) is 7.11 Å². The van der Waals surface area contributed by atoms with Gasteiger partial charge in [0.2, 0.25) is 0 Å². The van der Waals surface area contributed by atoms with Crippen LogP contribution in [0.25, 0.3) is 0 Å².